The van der Waals surface area contributed by atoms with Crippen LogP contribution < -0.4 is 10.5 Å². The predicted octanol–water partition coefficient (Wildman–Crippen LogP) is -0.496. The quantitative estimate of drug-likeness (QED) is 0.729. The lowest BCUT2D eigenvalue weighted by atomic mass is 10.4. The number of anilines is 1. The molecule has 0 saturated heterocycles. The van der Waals surface area contributed by atoms with Gasteiger partial charge in [0.1, 0.15) is 0 Å². The molecular weight excluding hydrogens is 228 g/mol. The minimum atomic E-state index is -3.60. The number of sulfonamides is 1. The maximum absolute atomic E-state index is 11.8. The molecule has 1 aromatic heterocycles. The first-order chi connectivity index (χ1) is 7.43. The van der Waals surface area contributed by atoms with Gasteiger partial charge in [0, 0.05) is 19.3 Å². The van der Waals surface area contributed by atoms with Crippen molar-refractivity contribution in [1.29, 1.82) is 0 Å². The summed E-state index contributed by atoms with van der Waals surface area (Å²) in [5.74, 6) is 0. The fourth-order valence-corrected chi connectivity index (χ4v) is 2.17. The molecule has 0 aliphatic carbocycles. The summed E-state index contributed by atoms with van der Waals surface area (Å²) in [6, 6.07) is 3.10. The highest BCUT2D eigenvalue weighted by Gasteiger charge is 2.17. The van der Waals surface area contributed by atoms with E-state index in [2.05, 4.69) is 9.71 Å². The van der Waals surface area contributed by atoms with E-state index in [9.17, 15) is 8.42 Å². The van der Waals surface area contributed by atoms with Gasteiger partial charge in [0.25, 0.3) is 10.0 Å². The van der Waals surface area contributed by atoms with Crippen LogP contribution in [0.5, 0.6) is 0 Å². The van der Waals surface area contributed by atoms with Crippen LogP contribution in [-0.2, 0) is 10.0 Å². The lowest BCUT2D eigenvalue weighted by Crippen LogP contribution is -2.32. The summed E-state index contributed by atoms with van der Waals surface area (Å²) in [6.07, 6.45) is 1.40. The maximum Gasteiger partial charge on any atom is 0.260 e. The van der Waals surface area contributed by atoms with Gasteiger partial charge in [-0.05, 0) is 26.2 Å². The molecule has 1 aromatic rings. The van der Waals surface area contributed by atoms with E-state index in [1.54, 1.807) is 6.07 Å². The van der Waals surface area contributed by atoms with Crippen molar-refractivity contribution in [2.75, 3.05) is 32.9 Å². The minimum Gasteiger partial charge on any atom is -0.396 e. The standard InChI is InChI=1S/C9H16N4O2S/c1-13(2)7-6-12-16(14,15)9-8(10)4-3-5-11-9/h3-5,12H,6-7,10H2,1-2H3. The van der Waals surface area contributed by atoms with E-state index in [4.69, 9.17) is 5.73 Å². The third-order valence-corrected chi connectivity index (χ3v) is 3.34. The second-order valence-electron chi connectivity index (χ2n) is 3.60. The minimum absolute atomic E-state index is 0.117. The van der Waals surface area contributed by atoms with Crippen molar-refractivity contribution >= 4 is 15.7 Å². The summed E-state index contributed by atoms with van der Waals surface area (Å²) in [4.78, 5) is 5.64. The molecule has 0 spiro atoms. The molecule has 0 aliphatic rings. The van der Waals surface area contributed by atoms with Gasteiger partial charge in [-0.15, -0.1) is 0 Å². The van der Waals surface area contributed by atoms with Crippen molar-refractivity contribution in [1.82, 2.24) is 14.6 Å². The van der Waals surface area contributed by atoms with E-state index in [0.717, 1.165) is 0 Å². The molecule has 1 rings (SSSR count). The molecule has 0 saturated carbocycles. The van der Waals surface area contributed by atoms with Crippen LogP contribution in [0.4, 0.5) is 5.69 Å². The highest BCUT2D eigenvalue weighted by Crippen LogP contribution is 2.12. The Kier molecular flexibility index (Phi) is 4.22. The number of hydrogen-bond donors (Lipinski definition) is 2. The Morgan fingerprint density at radius 3 is 2.75 bits per heavy atom. The van der Waals surface area contributed by atoms with Crippen molar-refractivity contribution in [2.24, 2.45) is 0 Å². The van der Waals surface area contributed by atoms with Gasteiger partial charge in [-0.25, -0.2) is 18.1 Å². The van der Waals surface area contributed by atoms with Crippen molar-refractivity contribution in [3.05, 3.63) is 18.3 Å². The average molecular weight is 244 g/mol. The molecule has 90 valence electrons. The molecular formula is C9H16N4O2S. The molecule has 3 N–H and O–H groups in total. The highest BCUT2D eigenvalue weighted by atomic mass is 32.2. The average Bonchev–Trinajstić information content (AvgIpc) is 2.17. The van der Waals surface area contributed by atoms with Crippen LogP contribution in [0.25, 0.3) is 0 Å². The molecule has 7 heteroatoms. The van der Waals surface area contributed by atoms with Gasteiger partial charge < -0.3 is 10.6 Å². The van der Waals surface area contributed by atoms with E-state index >= 15 is 0 Å². The van der Waals surface area contributed by atoms with Crippen LogP contribution in [0.3, 0.4) is 0 Å². The summed E-state index contributed by atoms with van der Waals surface area (Å²) >= 11 is 0. The lowest BCUT2D eigenvalue weighted by Gasteiger charge is -2.11. The van der Waals surface area contributed by atoms with E-state index in [-0.39, 0.29) is 10.7 Å². The molecule has 1 heterocycles. The van der Waals surface area contributed by atoms with E-state index < -0.39 is 10.0 Å². The van der Waals surface area contributed by atoms with E-state index in [1.807, 2.05) is 19.0 Å². The first-order valence-electron chi connectivity index (χ1n) is 4.78. The normalized spacial score (nSPS) is 11.9. The zero-order chi connectivity index (χ0) is 12.2. The molecule has 0 atom stereocenters. The number of nitrogens with one attached hydrogen (secondary N) is 1. The summed E-state index contributed by atoms with van der Waals surface area (Å²) in [7, 11) is 0.130. The maximum atomic E-state index is 11.8. The molecule has 0 fully saturated rings. The highest BCUT2D eigenvalue weighted by molar-refractivity contribution is 7.89. The fourth-order valence-electron chi connectivity index (χ4n) is 1.10. The number of nitrogens with zero attached hydrogens (tertiary/aromatic N) is 2. The van der Waals surface area contributed by atoms with Crippen LogP contribution in [0.15, 0.2) is 23.4 Å². The van der Waals surface area contributed by atoms with Crippen LogP contribution in [0, 0.1) is 0 Å². The van der Waals surface area contributed by atoms with Gasteiger partial charge in [-0.3, -0.25) is 0 Å². The number of nitrogen functional groups attached to an aromatic ring is 1. The Hall–Kier alpha value is -1.18. The van der Waals surface area contributed by atoms with Crippen LogP contribution in [0.2, 0.25) is 0 Å². The van der Waals surface area contributed by atoms with Gasteiger partial charge in [0.05, 0.1) is 5.69 Å². The van der Waals surface area contributed by atoms with Gasteiger partial charge in [0.2, 0.25) is 0 Å². The molecule has 6 nitrogen and oxygen atoms in total. The van der Waals surface area contributed by atoms with Gasteiger partial charge in [0.15, 0.2) is 5.03 Å². The Morgan fingerprint density at radius 2 is 2.19 bits per heavy atom. The molecule has 0 bridgehead atoms. The number of rotatable bonds is 5. The summed E-state index contributed by atoms with van der Waals surface area (Å²) < 4.78 is 26.0. The number of nitrogens with two attached hydrogens (primary N) is 1. The van der Waals surface area contributed by atoms with Crippen molar-refractivity contribution < 1.29 is 8.42 Å². The summed E-state index contributed by atoms with van der Waals surface area (Å²) in [6.45, 7) is 0.942. The number of hydrogen-bond acceptors (Lipinski definition) is 5. The number of pyridine rings is 1. The molecule has 0 radical (unpaired) electrons. The smallest absolute Gasteiger partial charge is 0.260 e. The van der Waals surface area contributed by atoms with Crippen LogP contribution >= 0.6 is 0 Å². The van der Waals surface area contributed by atoms with Crippen LogP contribution in [0.1, 0.15) is 0 Å². The molecule has 16 heavy (non-hydrogen) atoms. The SMILES string of the molecule is CN(C)CCNS(=O)(=O)c1ncccc1N. The predicted molar refractivity (Wildman–Crippen MR) is 62.4 cm³/mol. The molecule has 0 aromatic carbocycles. The Labute approximate surface area is 95.5 Å². The third-order valence-electron chi connectivity index (χ3n) is 1.91. The topological polar surface area (TPSA) is 88.3 Å². The van der Waals surface area contributed by atoms with Crippen molar-refractivity contribution in [3.8, 4) is 0 Å². The summed E-state index contributed by atoms with van der Waals surface area (Å²) in [5, 5.41) is -0.117. The van der Waals surface area contributed by atoms with Crippen molar-refractivity contribution in [2.45, 2.75) is 5.03 Å². The van der Waals surface area contributed by atoms with E-state index in [1.165, 1.54) is 12.3 Å². The fraction of sp³-hybridized carbons (Fsp3) is 0.444. The largest absolute Gasteiger partial charge is 0.396 e. The molecule has 0 unspecified atom stereocenters. The zero-order valence-corrected chi connectivity index (χ0v) is 10.2. The zero-order valence-electron chi connectivity index (χ0n) is 9.34. The van der Waals surface area contributed by atoms with E-state index in [0.29, 0.717) is 13.1 Å². The first kappa shape index (κ1) is 12.9. The van der Waals surface area contributed by atoms with Gasteiger partial charge in [-0.2, -0.15) is 0 Å². The Morgan fingerprint density at radius 1 is 1.50 bits per heavy atom. The lowest BCUT2D eigenvalue weighted by molar-refractivity contribution is 0.412. The van der Waals surface area contributed by atoms with Gasteiger partial charge >= 0.3 is 0 Å². The number of likely N-dealkylation sites (N-methyl/N-ethyl adjacent to an activating group) is 1. The second kappa shape index (κ2) is 5.24. The Bertz CT molecular complexity index is 445. The van der Waals surface area contributed by atoms with Crippen LogP contribution in [-0.4, -0.2) is 45.5 Å². The molecule has 0 aliphatic heterocycles. The van der Waals surface area contributed by atoms with Gasteiger partial charge in [-0.1, -0.05) is 0 Å². The summed E-state index contributed by atoms with van der Waals surface area (Å²) in [5.41, 5.74) is 5.70. The Balaban J connectivity index is 2.75. The van der Waals surface area contributed by atoms with Crippen molar-refractivity contribution in [3.63, 3.8) is 0 Å². The first-order valence-corrected chi connectivity index (χ1v) is 6.26. The monoisotopic (exact) mass is 244 g/mol. The molecule has 0 amide bonds. The number of aromatic nitrogens is 1. The second-order valence-corrected chi connectivity index (χ2v) is 5.28. The third kappa shape index (κ3) is 3.44.